The molecule has 3 fully saturated rings. The zero-order chi connectivity index (χ0) is 17.7. The van der Waals surface area contributed by atoms with Crippen LogP contribution in [0.5, 0.6) is 0 Å². The molecule has 0 bridgehead atoms. The van der Waals surface area contributed by atoms with E-state index in [2.05, 4.69) is 25.7 Å². The van der Waals surface area contributed by atoms with Gasteiger partial charge in [0, 0.05) is 12.0 Å². The highest BCUT2D eigenvalue weighted by Gasteiger charge is 2.57. The number of fused-ring (bicyclic) bond motifs is 4. The van der Waals surface area contributed by atoms with Crippen molar-refractivity contribution in [1.82, 2.24) is 0 Å². The zero-order valence-electron chi connectivity index (χ0n) is 16.4. The number of nitriles is 1. The van der Waals surface area contributed by atoms with Crippen LogP contribution in [0.3, 0.4) is 0 Å². The minimum atomic E-state index is -1.54. The van der Waals surface area contributed by atoms with Crippen LogP contribution >= 0.6 is 0 Å². The highest BCUT2D eigenvalue weighted by atomic mass is 28.4. The van der Waals surface area contributed by atoms with Gasteiger partial charge in [-0.05, 0) is 95.2 Å². The van der Waals surface area contributed by atoms with Crippen molar-refractivity contribution in [2.45, 2.75) is 83.8 Å². The molecule has 0 amide bonds. The molecule has 4 aliphatic rings. The average Bonchev–Trinajstić information content (AvgIpc) is 2.98. The Morgan fingerprint density at radius 1 is 1.04 bits per heavy atom. The molecule has 0 spiro atoms. The van der Waals surface area contributed by atoms with Crippen molar-refractivity contribution in [2.75, 3.05) is 6.61 Å². The maximum absolute atomic E-state index is 9.88. The van der Waals surface area contributed by atoms with E-state index in [1.807, 2.05) is 11.1 Å². The normalized spacial score (nSPS) is 40.9. The number of nitrogens with zero attached hydrogens (tertiary/aromatic N) is 1. The fraction of sp³-hybridized carbons (Fsp3) is 0.864. The van der Waals surface area contributed by atoms with Crippen LogP contribution in [0.25, 0.3) is 0 Å². The van der Waals surface area contributed by atoms with Crippen LogP contribution in [-0.4, -0.2) is 14.9 Å². The van der Waals surface area contributed by atoms with Gasteiger partial charge in [0.05, 0.1) is 12.0 Å². The molecule has 0 radical (unpaired) electrons. The molecule has 2 nitrogen and oxygen atoms in total. The van der Waals surface area contributed by atoms with E-state index in [9.17, 15) is 5.26 Å². The second kappa shape index (κ2) is 6.53. The molecular weight excluding hydrogens is 322 g/mol. The maximum atomic E-state index is 9.88. The van der Waals surface area contributed by atoms with E-state index in [4.69, 9.17) is 4.43 Å². The third-order valence-electron chi connectivity index (χ3n) is 7.90. The molecule has 3 saturated carbocycles. The van der Waals surface area contributed by atoms with Gasteiger partial charge in [0.2, 0.25) is 0 Å². The molecule has 3 heteroatoms. The molecule has 0 heterocycles. The third kappa shape index (κ3) is 3.04. The molecule has 0 N–H and O–H groups in total. The first-order valence-electron chi connectivity index (χ1n) is 10.7. The van der Waals surface area contributed by atoms with Crippen molar-refractivity contribution in [1.29, 1.82) is 5.26 Å². The number of hydrogen-bond acceptors (Lipinski definition) is 2. The fourth-order valence-electron chi connectivity index (χ4n) is 6.74. The second-order valence-electron chi connectivity index (χ2n) is 10.2. The van der Waals surface area contributed by atoms with Crippen molar-refractivity contribution in [3.8, 4) is 6.07 Å². The zero-order valence-corrected chi connectivity index (χ0v) is 17.4. The minimum Gasteiger partial charge on any atom is -0.417 e. The Labute approximate surface area is 155 Å². The summed E-state index contributed by atoms with van der Waals surface area (Å²) >= 11 is 0. The topological polar surface area (TPSA) is 33.0 Å². The van der Waals surface area contributed by atoms with Crippen molar-refractivity contribution < 1.29 is 4.43 Å². The van der Waals surface area contributed by atoms with E-state index in [1.165, 1.54) is 57.8 Å². The monoisotopic (exact) mass is 357 g/mol. The van der Waals surface area contributed by atoms with Crippen LogP contribution in [0, 0.1) is 40.4 Å². The van der Waals surface area contributed by atoms with Gasteiger partial charge in [-0.15, -0.1) is 0 Å². The van der Waals surface area contributed by atoms with E-state index in [0.29, 0.717) is 5.92 Å². The van der Waals surface area contributed by atoms with Gasteiger partial charge in [0.1, 0.15) is 0 Å². The highest BCUT2D eigenvalue weighted by Crippen LogP contribution is 2.62. The van der Waals surface area contributed by atoms with E-state index >= 15 is 0 Å². The van der Waals surface area contributed by atoms with Crippen LogP contribution in [0.4, 0.5) is 0 Å². The number of allylic oxidation sites excluding steroid dienone is 2. The van der Waals surface area contributed by atoms with E-state index in [0.717, 1.165) is 24.9 Å². The molecule has 4 aliphatic carbocycles. The number of rotatable bonds is 3. The molecule has 0 aromatic rings. The summed E-state index contributed by atoms with van der Waals surface area (Å²) in [6, 6.07) is 2.71. The summed E-state index contributed by atoms with van der Waals surface area (Å²) < 4.78 is 6.46. The van der Waals surface area contributed by atoms with Crippen molar-refractivity contribution in [3.05, 3.63) is 11.1 Å². The predicted octanol–water partition coefficient (Wildman–Crippen LogP) is 6.06. The lowest BCUT2D eigenvalue weighted by molar-refractivity contribution is 0.0142. The maximum Gasteiger partial charge on any atom is 0.183 e. The van der Waals surface area contributed by atoms with Gasteiger partial charge in [0.25, 0.3) is 0 Å². The molecule has 25 heavy (non-hydrogen) atoms. The van der Waals surface area contributed by atoms with Crippen LogP contribution in [-0.2, 0) is 4.43 Å². The first-order valence-corrected chi connectivity index (χ1v) is 14.1. The molecule has 4 rings (SSSR count). The Bertz CT molecular complexity index is 598. The Kier molecular flexibility index (Phi) is 4.65. The van der Waals surface area contributed by atoms with E-state index in [-0.39, 0.29) is 11.3 Å². The molecule has 5 atom stereocenters. The predicted molar refractivity (Wildman–Crippen MR) is 105 cm³/mol. The third-order valence-corrected chi connectivity index (χ3v) is 8.91. The molecule has 138 valence electrons. The molecule has 0 unspecified atom stereocenters. The quantitative estimate of drug-likeness (QED) is 0.454. The van der Waals surface area contributed by atoms with Crippen LogP contribution in [0.15, 0.2) is 11.1 Å². The van der Waals surface area contributed by atoms with E-state index < -0.39 is 8.32 Å². The van der Waals surface area contributed by atoms with Gasteiger partial charge in [-0.1, -0.05) is 17.6 Å². The van der Waals surface area contributed by atoms with Crippen LogP contribution in [0.1, 0.15) is 64.2 Å². The summed E-state index contributed by atoms with van der Waals surface area (Å²) in [5.41, 5.74) is 3.90. The fourth-order valence-corrected chi connectivity index (χ4v) is 7.44. The lowest BCUT2D eigenvalue weighted by atomic mass is 9.54. The molecule has 0 aromatic carbocycles. The Hall–Kier alpha value is -0.593. The van der Waals surface area contributed by atoms with Gasteiger partial charge < -0.3 is 4.43 Å². The summed E-state index contributed by atoms with van der Waals surface area (Å²) in [5.74, 6) is 2.64. The van der Waals surface area contributed by atoms with Crippen molar-refractivity contribution in [2.24, 2.45) is 29.1 Å². The minimum absolute atomic E-state index is 0.158. The van der Waals surface area contributed by atoms with E-state index in [1.54, 1.807) is 0 Å². The summed E-state index contributed by atoms with van der Waals surface area (Å²) in [6.07, 6.45) is 13.3. The lowest BCUT2D eigenvalue weighted by Gasteiger charge is -2.51. The van der Waals surface area contributed by atoms with Crippen molar-refractivity contribution in [3.63, 3.8) is 0 Å². The summed E-state index contributed by atoms with van der Waals surface area (Å²) in [4.78, 5) is 0. The van der Waals surface area contributed by atoms with Crippen LogP contribution < -0.4 is 0 Å². The summed E-state index contributed by atoms with van der Waals surface area (Å²) in [6.45, 7) is 7.73. The standard InChI is InChI=1S/C22H35NOSi/c1-25(2,3)24-15-22-13-12-19-18-7-5-4-6-16(18)8-10-20(19)21(22)11-9-17(22)14-23/h16-17,20-21H,4-13,15H2,1-3H3/t16-,17-,20-,21+,22+/m1/s1. The average molecular weight is 358 g/mol. The Morgan fingerprint density at radius 3 is 2.64 bits per heavy atom. The number of hydrogen-bond donors (Lipinski definition) is 0. The van der Waals surface area contributed by atoms with Gasteiger partial charge >= 0.3 is 0 Å². The largest absolute Gasteiger partial charge is 0.417 e. The Balaban J connectivity index is 1.64. The van der Waals surface area contributed by atoms with Gasteiger partial charge in [-0.25, -0.2) is 0 Å². The molecule has 0 aliphatic heterocycles. The molecular formula is C22H35NOSi. The second-order valence-corrected chi connectivity index (χ2v) is 14.7. The summed E-state index contributed by atoms with van der Waals surface area (Å²) in [5, 5.41) is 9.88. The lowest BCUT2D eigenvalue weighted by Crippen LogP contribution is -2.47. The van der Waals surface area contributed by atoms with Gasteiger partial charge in [-0.3, -0.25) is 0 Å². The first-order chi connectivity index (χ1) is 11.9. The van der Waals surface area contributed by atoms with Gasteiger partial charge in [-0.2, -0.15) is 5.26 Å². The molecule has 0 saturated heterocycles. The van der Waals surface area contributed by atoms with Crippen LogP contribution in [0.2, 0.25) is 19.6 Å². The highest BCUT2D eigenvalue weighted by molar-refractivity contribution is 6.69. The van der Waals surface area contributed by atoms with Crippen molar-refractivity contribution >= 4 is 8.32 Å². The summed E-state index contributed by atoms with van der Waals surface area (Å²) in [7, 11) is -1.54. The SMILES string of the molecule is C[Si](C)(C)OC[C@]12CCC3=C4CCCC[C@@H]4CC[C@H]3[C@@H]1CC[C@@H]2C#N. The van der Waals surface area contributed by atoms with Gasteiger partial charge in [0.15, 0.2) is 8.32 Å². The smallest absolute Gasteiger partial charge is 0.183 e. The molecule has 0 aromatic heterocycles. The Morgan fingerprint density at radius 2 is 1.88 bits per heavy atom. The first kappa shape index (κ1) is 17.8.